The highest BCUT2D eigenvalue weighted by Gasteiger charge is 2.20. The molecule has 3 heterocycles. The van der Waals surface area contributed by atoms with Gasteiger partial charge in [0.05, 0.1) is 22.9 Å². The number of aryl methyl sites for hydroxylation is 2. The minimum absolute atomic E-state index is 0.176. The van der Waals surface area contributed by atoms with Gasteiger partial charge in [0, 0.05) is 31.9 Å². The number of nitrogens with one attached hydrogen (secondary N) is 2. The second-order valence-corrected chi connectivity index (χ2v) is 5.76. The molecule has 2 amide bonds. The predicted octanol–water partition coefficient (Wildman–Crippen LogP) is 1.16. The molecule has 122 valence electrons. The van der Waals surface area contributed by atoms with Crippen LogP contribution >= 0.6 is 0 Å². The normalized spacial score (nSPS) is 14.1. The molecule has 0 fully saturated rings. The topological polar surface area (TPSA) is 93.8 Å². The van der Waals surface area contributed by atoms with Crippen molar-refractivity contribution < 1.29 is 9.59 Å². The highest BCUT2D eigenvalue weighted by Crippen LogP contribution is 2.20. The third-order valence-corrected chi connectivity index (χ3v) is 4.02. The zero-order valence-corrected chi connectivity index (χ0v) is 13.1. The Labute approximate surface area is 137 Å². The van der Waals surface area contributed by atoms with Crippen molar-refractivity contribution in [1.29, 1.82) is 0 Å². The fourth-order valence-corrected chi connectivity index (χ4v) is 2.87. The quantitative estimate of drug-likeness (QED) is 0.739. The molecule has 0 aliphatic carbocycles. The molecule has 0 radical (unpaired) electrons. The highest BCUT2D eigenvalue weighted by atomic mass is 16.2. The van der Waals surface area contributed by atoms with Crippen LogP contribution in [0.2, 0.25) is 0 Å². The first-order chi connectivity index (χ1) is 11.6. The first-order valence-corrected chi connectivity index (χ1v) is 7.70. The lowest BCUT2D eigenvalue weighted by atomic mass is 10.2. The number of rotatable bonds is 2. The Balaban J connectivity index is 1.71. The van der Waals surface area contributed by atoms with E-state index in [1.807, 2.05) is 4.57 Å². The number of anilines is 1. The largest absolute Gasteiger partial charge is 0.349 e. The van der Waals surface area contributed by atoms with E-state index in [4.69, 9.17) is 0 Å². The summed E-state index contributed by atoms with van der Waals surface area (Å²) in [7, 11) is 1.79. The molecule has 1 aliphatic heterocycles. The van der Waals surface area contributed by atoms with Crippen LogP contribution in [0.1, 0.15) is 27.4 Å². The van der Waals surface area contributed by atoms with Gasteiger partial charge < -0.3 is 15.2 Å². The van der Waals surface area contributed by atoms with E-state index in [1.165, 1.54) is 0 Å². The lowest BCUT2D eigenvalue weighted by Gasteiger charge is -2.05. The predicted molar refractivity (Wildman–Crippen MR) is 87.8 cm³/mol. The number of carbonyl (C=O) groups is 2. The molecule has 0 spiro atoms. The average Bonchev–Trinajstić information content (AvgIpc) is 3.09. The number of benzene rings is 1. The monoisotopic (exact) mass is 324 g/mol. The molecule has 2 N–H and O–H groups in total. The summed E-state index contributed by atoms with van der Waals surface area (Å²) in [5.74, 6) is -0.00379. The molecule has 24 heavy (non-hydrogen) atoms. The third-order valence-electron chi connectivity index (χ3n) is 4.02. The van der Waals surface area contributed by atoms with Crippen LogP contribution in [0.3, 0.4) is 0 Å². The fourth-order valence-electron chi connectivity index (χ4n) is 2.87. The Kier molecular flexibility index (Phi) is 3.30. The number of carbonyl (C=O) groups excluding carboxylic acids is 2. The van der Waals surface area contributed by atoms with Crippen LogP contribution in [-0.4, -0.2) is 37.7 Å². The molecule has 0 saturated heterocycles. The van der Waals surface area contributed by atoms with E-state index >= 15 is 0 Å². The smallest absolute Gasteiger partial charge is 0.287 e. The lowest BCUT2D eigenvalue weighted by molar-refractivity contribution is 0.0945. The first-order valence-electron chi connectivity index (χ1n) is 7.70. The van der Waals surface area contributed by atoms with Crippen LogP contribution in [0.15, 0.2) is 30.6 Å². The van der Waals surface area contributed by atoms with E-state index < -0.39 is 0 Å². The van der Waals surface area contributed by atoms with Gasteiger partial charge in [-0.05, 0) is 24.6 Å². The van der Waals surface area contributed by atoms with Gasteiger partial charge in [-0.1, -0.05) is 0 Å². The van der Waals surface area contributed by atoms with Gasteiger partial charge >= 0.3 is 0 Å². The van der Waals surface area contributed by atoms with E-state index in [1.54, 1.807) is 42.3 Å². The summed E-state index contributed by atoms with van der Waals surface area (Å²) in [5, 5.41) is 9.65. The van der Waals surface area contributed by atoms with Gasteiger partial charge in [0.25, 0.3) is 11.8 Å². The van der Waals surface area contributed by atoms with Crippen LogP contribution in [0.5, 0.6) is 0 Å². The van der Waals surface area contributed by atoms with Crippen LogP contribution in [0, 0.1) is 0 Å². The van der Waals surface area contributed by atoms with Gasteiger partial charge in [-0.25, -0.2) is 4.98 Å². The van der Waals surface area contributed by atoms with Crippen molar-refractivity contribution in [3.8, 4) is 0 Å². The summed E-state index contributed by atoms with van der Waals surface area (Å²) in [6.07, 6.45) is 4.15. The Morgan fingerprint density at radius 2 is 2.25 bits per heavy atom. The van der Waals surface area contributed by atoms with Crippen LogP contribution in [-0.2, 0) is 13.6 Å². The van der Waals surface area contributed by atoms with Crippen molar-refractivity contribution in [3.63, 3.8) is 0 Å². The van der Waals surface area contributed by atoms with Crippen molar-refractivity contribution in [1.82, 2.24) is 24.6 Å². The molecule has 1 aromatic carbocycles. The van der Waals surface area contributed by atoms with E-state index in [9.17, 15) is 9.59 Å². The number of imidazole rings is 1. The van der Waals surface area contributed by atoms with Crippen molar-refractivity contribution in [2.24, 2.45) is 7.05 Å². The third kappa shape index (κ3) is 2.41. The molecular formula is C16H16N6O2. The van der Waals surface area contributed by atoms with E-state index in [-0.39, 0.29) is 11.8 Å². The number of nitrogens with zero attached hydrogens (tertiary/aromatic N) is 4. The fraction of sp³-hybridized carbons (Fsp3) is 0.250. The maximum absolute atomic E-state index is 12.4. The molecule has 2 aromatic heterocycles. The number of amides is 2. The highest BCUT2D eigenvalue weighted by molar-refractivity contribution is 6.06. The Hall–Kier alpha value is -3.16. The van der Waals surface area contributed by atoms with Gasteiger partial charge in [0.15, 0.2) is 5.82 Å². The van der Waals surface area contributed by atoms with Crippen molar-refractivity contribution in [3.05, 3.63) is 42.0 Å². The Bertz CT molecular complexity index is 955. The summed E-state index contributed by atoms with van der Waals surface area (Å²) in [5.41, 5.74) is 2.65. The average molecular weight is 324 g/mol. The number of hydrogen-bond acceptors (Lipinski definition) is 4. The van der Waals surface area contributed by atoms with Crippen LogP contribution < -0.4 is 10.6 Å². The van der Waals surface area contributed by atoms with Gasteiger partial charge in [0.1, 0.15) is 0 Å². The van der Waals surface area contributed by atoms with Gasteiger partial charge in [-0.2, -0.15) is 5.10 Å². The molecule has 4 rings (SSSR count). The van der Waals surface area contributed by atoms with E-state index in [0.717, 1.165) is 11.9 Å². The number of aromatic nitrogens is 4. The molecule has 0 atom stereocenters. The van der Waals surface area contributed by atoms with Crippen LogP contribution in [0.25, 0.3) is 11.0 Å². The SMILES string of the molecule is Cn1cc(NC(=O)c2ccc3nc4n(c3c2)CCCNC4=O)cn1. The maximum Gasteiger partial charge on any atom is 0.287 e. The van der Waals surface area contributed by atoms with Gasteiger partial charge in [0.2, 0.25) is 0 Å². The second-order valence-electron chi connectivity index (χ2n) is 5.76. The molecule has 0 saturated carbocycles. The summed E-state index contributed by atoms with van der Waals surface area (Å²) < 4.78 is 3.49. The molecule has 0 bridgehead atoms. The maximum atomic E-state index is 12.4. The zero-order chi connectivity index (χ0) is 16.7. The summed E-state index contributed by atoms with van der Waals surface area (Å²) in [6.45, 7) is 1.32. The summed E-state index contributed by atoms with van der Waals surface area (Å²) >= 11 is 0. The van der Waals surface area contributed by atoms with Crippen molar-refractivity contribution >= 4 is 28.5 Å². The van der Waals surface area contributed by atoms with E-state index in [0.29, 0.717) is 35.7 Å². The lowest BCUT2D eigenvalue weighted by Crippen LogP contribution is -2.23. The molecule has 8 nitrogen and oxygen atoms in total. The Morgan fingerprint density at radius 1 is 1.38 bits per heavy atom. The standard InChI is InChI=1S/C16H16N6O2/c1-21-9-11(8-18-21)19-15(23)10-3-4-12-13(7-10)22-6-2-5-17-16(24)14(22)20-12/h3-4,7-9H,2,5-6H2,1H3,(H,17,24)(H,19,23). The van der Waals surface area contributed by atoms with Gasteiger partial charge in [-0.15, -0.1) is 0 Å². The van der Waals surface area contributed by atoms with Crippen molar-refractivity contribution in [2.75, 3.05) is 11.9 Å². The van der Waals surface area contributed by atoms with Crippen molar-refractivity contribution in [2.45, 2.75) is 13.0 Å². The summed E-state index contributed by atoms with van der Waals surface area (Å²) in [4.78, 5) is 28.9. The number of fused-ring (bicyclic) bond motifs is 3. The molecule has 8 heteroatoms. The summed E-state index contributed by atoms with van der Waals surface area (Å²) in [6, 6.07) is 5.25. The van der Waals surface area contributed by atoms with Gasteiger partial charge in [-0.3, -0.25) is 14.3 Å². The Morgan fingerprint density at radius 3 is 3.04 bits per heavy atom. The molecular weight excluding hydrogens is 308 g/mol. The first kappa shape index (κ1) is 14.4. The zero-order valence-electron chi connectivity index (χ0n) is 13.1. The van der Waals surface area contributed by atoms with E-state index in [2.05, 4.69) is 20.7 Å². The minimum atomic E-state index is -0.224. The molecule has 0 unspecified atom stereocenters. The molecule has 1 aliphatic rings. The minimum Gasteiger partial charge on any atom is -0.349 e. The van der Waals surface area contributed by atoms with Crippen LogP contribution in [0.4, 0.5) is 5.69 Å². The molecule has 3 aromatic rings. The second kappa shape index (κ2) is 5.48. The number of hydrogen-bond donors (Lipinski definition) is 2.